The molecule has 4 nitrogen and oxygen atoms in total. The molecule has 1 atom stereocenters. The van der Waals surface area contributed by atoms with E-state index < -0.39 is 6.04 Å². The monoisotopic (exact) mass is 264 g/mol. The first kappa shape index (κ1) is 15.7. The maximum Gasteiger partial charge on any atom is 0.239 e. The summed E-state index contributed by atoms with van der Waals surface area (Å²) < 4.78 is 0. The first-order chi connectivity index (χ1) is 8.84. The average molecular weight is 264 g/mol. The fourth-order valence-corrected chi connectivity index (χ4v) is 1.72. The van der Waals surface area contributed by atoms with Crippen molar-refractivity contribution in [1.29, 1.82) is 0 Å². The minimum absolute atomic E-state index is 0.153. The summed E-state index contributed by atoms with van der Waals surface area (Å²) in [6.07, 6.45) is 0.758. The maximum atomic E-state index is 11.4. The molecule has 0 radical (unpaired) electrons. The topological polar surface area (TPSA) is 75.4 Å². The first-order valence-corrected chi connectivity index (χ1v) is 6.58. The van der Waals surface area contributed by atoms with Crippen molar-refractivity contribution in [3.63, 3.8) is 0 Å². The van der Waals surface area contributed by atoms with E-state index in [1.807, 2.05) is 0 Å². The van der Waals surface area contributed by atoms with Crippen LogP contribution in [0.4, 0.5) is 0 Å². The summed E-state index contributed by atoms with van der Waals surface area (Å²) in [5, 5.41) is 11.4. The number of aliphatic hydroxyl groups is 1. The molecule has 1 rings (SSSR count). The zero-order valence-electron chi connectivity index (χ0n) is 11.9. The summed E-state index contributed by atoms with van der Waals surface area (Å²) in [5.74, 6) is -0.311. The molecule has 106 valence electrons. The van der Waals surface area contributed by atoms with Gasteiger partial charge in [0, 0.05) is 6.54 Å². The van der Waals surface area contributed by atoms with Crippen LogP contribution < -0.4 is 11.1 Å². The Balaban J connectivity index is 2.45. The van der Waals surface area contributed by atoms with Gasteiger partial charge in [-0.2, -0.15) is 0 Å². The zero-order valence-corrected chi connectivity index (χ0v) is 11.9. The van der Waals surface area contributed by atoms with Gasteiger partial charge in [0.05, 0.1) is 6.61 Å². The summed E-state index contributed by atoms with van der Waals surface area (Å²) >= 11 is 0. The van der Waals surface area contributed by atoms with Gasteiger partial charge in [0.2, 0.25) is 5.91 Å². The SMILES string of the molecule is CC(C)(C)c1ccc(CCNC(=O)C(N)CO)cc1. The Morgan fingerprint density at radius 2 is 1.89 bits per heavy atom. The number of hydrogen-bond donors (Lipinski definition) is 3. The van der Waals surface area contributed by atoms with Crippen LogP contribution in [0.3, 0.4) is 0 Å². The smallest absolute Gasteiger partial charge is 0.239 e. The predicted octanol–water partition coefficient (Wildman–Crippen LogP) is 0.962. The Bertz CT molecular complexity index is 407. The molecule has 0 heterocycles. The van der Waals surface area contributed by atoms with Crippen LogP contribution in [0.1, 0.15) is 31.9 Å². The summed E-state index contributed by atoms with van der Waals surface area (Å²) in [5.41, 5.74) is 8.02. The highest BCUT2D eigenvalue weighted by Gasteiger charge is 2.13. The Morgan fingerprint density at radius 3 is 2.37 bits per heavy atom. The molecule has 4 heteroatoms. The van der Waals surface area contributed by atoms with Crippen LogP contribution in [0.25, 0.3) is 0 Å². The first-order valence-electron chi connectivity index (χ1n) is 6.58. The highest BCUT2D eigenvalue weighted by Crippen LogP contribution is 2.22. The molecule has 4 N–H and O–H groups in total. The lowest BCUT2D eigenvalue weighted by atomic mass is 9.86. The molecule has 1 aromatic rings. The van der Waals surface area contributed by atoms with E-state index in [2.05, 4.69) is 50.4 Å². The van der Waals surface area contributed by atoms with Crippen molar-refractivity contribution >= 4 is 5.91 Å². The Hall–Kier alpha value is -1.39. The quantitative estimate of drug-likeness (QED) is 0.741. The van der Waals surface area contributed by atoms with Crippen molar-refractivity contribution in [2.45, 2.75) is 38.6 Å². The summed E-state index contributed by atoms with van der Waals surface area (Å²) in [7, 11) is 0. The van der Waals surface area contributed by atoms with Gasteiger partial charge in [0.25, 0.3) is 0 Å². The summed E-state index contributed by atoms with van der Waals surface area (Å²) in [4.78, 5) is 11.4. The van der Waals surface area contributed by atoms with Crippen molar-refractivity contribution in [1.82, 2.24) is 5.32 Å². The molecule has 0 fully saturated rings. The van der Waals surface area contributed by atoms with Crippen LogP contribution in [0.2, 0.25) is 0 Å². The van der Waals surface area contributed by atoms with E-state index in [0.29, 0.717) is 6.54 Å². The number of carbonyl (C=O) groups is 1. The molecule has 1 aromatic carbocycles. The van der Waals surface area contributed by atoms with E-state index in [4.69, 9.17) is 10.8 Å². The van der Waals surface area contributed by atoms with E-state index in [1.54, 1.807) is 0 Å². The molecular weight excluding hydrogens is 240 g/mol. The second-order valence-corrected chi connectivity index (χ2v) is 5.78. The minimum atomic E-state index is -0.830. The molecular formula is C15H24N2O2. The van der Waals surface area contributed by atoms with Gasteiger partial charge in [-0.15, -0.1) is 0 Å². The van der Waals surface area contributed by atoms with Gasteiger partial charge in [0.15, 0.2) is 0 Å². The number of nitrogens with one attached hydrogen (secondary N) is 1. The van der Waals surface area contributed by atoms with Crippen molar-refractivity contribution in [3.05, 3.63) is 35.4 Å². The largest absolute Gasteiger partial charge is 0.394 e. The van der Waals surface area contributed by atoms with Gasteiger partial charge in [0.1, 0.15) is 6.04 Å². The molecule has 0 aromatic heterocycles. The molecule has 0 bridgehead atoms. The number of rotatable bonds is 5. The van der Waals surface area contributed by atoms with Crippen LogP contribution in [0.5, 0.6) is 0 Å². The molecule has 0 saturated heterocycles. The molecule has 0 spiro atoms. The van der Waals surface area contributed by atoms with Crippen molar-refractivity contribution < 1.29 is 9.90 Å². The second-order valence-electron chi connectivity index (χ2n) is 5.78. The van der Waals surface area contributed by atoms with E-state index >= 15 is 0 Å². The Labute approximate surface area is 115 Å². The standard InChI is InChI=1S/C15H24N2O2/c1-15(2,3)12-6-4-11(5-7-12)8-9-17-14(19)13(16)10-18/h4-7,13,18H,8-10,16H2,1-3H3,(H,17,19). The number of carbonyl (C=O) groups excluding carboxylic acids is 1. The summed E-state index contributed by atoms with van der Waals surface area (Å²) in [6, 6.07) is 7.58. The zero-order chi connectivity index (χ0) is 14.5. The Kier molecular flexibility index (Phi) is 5.51. The third kappa shape index (κ3) is 5.01. The predicted molar refractivity (Wildman–Crippen MR) is 76.9 cm³/mol. The normalized spacial score (nSPS) is 13.1. The number of aliphatic hydroxyl groups excluding tert-OH is 1. The van der Waals surface area contributed by atoms with Crippen LogP contribution >= 0.6 is 0 Å². The molecule has 0 aliphatic carbocycles. The van der Waals surface area contributed by atoms with Gasteiger partial charge < -0.3 is 16.2 Å². The third-order valence-corrected chi connectivity index (χ3v) is 3.07. The number of benzene rings is 1. The molecule has 0 aliphatic heterocycles. The molecule has 1 amide bonds. The lowest BCUT2D eigenvalue weighted by Crippen LogP contribution is -2.43. The number of amides is 1. The Morgan fingerprint density at radius 1 is 1.32 bits per heavy atom. The van der Waals surface area contributed by atoms with Gasteiger partial charge in [-0.3, -0.25) is 4.79 Å². The lowest BCUT2D eigenvalue weighted by Gasteiger charge is -2.19. The van der Waals surface area contributed by atoms with E-state index in [9.17, 15) is 4.79 Å². The van der Waals surface area contributed by atoms with E-state index in [-0.39, 0.29) is 17.9 Å². The van der Waals surface area contributed by atoms with Gasteiger partial charge in [-0.05, 0) is 23.0 Å². The molecule has 1 unspecified atom stereocenters. The number of hydrogen-bond acceptors (Lipinski definition) is 3. The fourth-order valence-electron chi connectivity index (χ4n) is 1.72. The van der Waals surface area contributed by atoms with Gasteiger partial charge in [-0.25, -0.2) is 0 Å². The van der Waals surface area contributed by atoms with Crippen LogP contribution in [-0.2, 0) is 16.6 Å². The van der Waals surface area contributed by atoms with Crippen LogP contribution in [-0.4, -0.2) is 30.2 Å². The highest BCUT2D eigenvalue weighted by molar-refractivity contribution is 5.81. The average Bonchev–Trinajstić information content (AvgIpc) is 2.37. The van der Waals surface area contributed by atoms with Crippen molar-refractivity contribution in [3.8, 4) is 0 Å². The van der Waals surface area contributed by atoms with Gasteiger partial charge in [-0.1, -0.05) is 45.0 Å². The van der Waals surface area contributed by atoms with Crippen LogP contribution in [0.15, 0.2) is 24.3 Å². The maximum absolute atomic E-state index is 11.4. The molecule has 19 heavy (non-hydrogen) atoms. The highest BCUT2D eigenvalue weighted by atomic mass is 16.3. The lowest BCUT2D eigenvalue weighted by molar-refractivity contribution is -0.123. The number of nitrogens with two attached hydrogens (primary N) is 1. The van der Waals surface area contributed by atoms with Crippen molar-refractivity contribution in [2.75, 3.05) is 13.2 Å². The van der Waals surface area contributed by atoms with Gasteiger partial charge >= 0.3 is 0 Å². The third-order valence-electron chi connectivity index (χ3n) is 3.07. The van der Waals surface area contributed by atoms with Crippen molar-refractivity contribution in [2.24, 2.45) is 5.73 Å². The minimum Gasteiger partial charge on any atom is -0.394 e. The second kappa shape index (κ2) is 6.68. The van der Waals surface area contributed by atoms with E-state index in [1.165, 1.54) is 11.1 Å². The molecule has 0 saturated carbocycles. The fraction of sp³-hybridized carbons (Fsp3) is 0.533. The molecule has 0 aliphatic rings. The van der Waals surface area contributed by atoms with Crippen LogP contribution in [0, 0.1) is 0 Å². The summed E-state index contributed by atoms with van der Waals surface area (Å²) in [6.45, 7) is 6.74. The van der Waals surface area contributed by atoms with E-state index in [0.717, 1.165) is 6.42 Å².